The van der Waals surface area contributed by atoms with E-state index in [9.17, 15) is 9.18 Å². The number of carbonyl (C=O) groups is 1. The number of benzene rings is 2. The summed E-state index contributed by atoms with van der Waals surface area (Å²) in [5, 5.41) is 2.78. The first-order valence-electron chi connectivity index (χ1n) is 8.52. The summed E-state index contributed by atoms with van der Waals surface area (Å²) >= 11 is 5.74. The quantitative estimate of drug-likeness (QED) is 0.834. The van der Waals surface area contributed by atoms with Crippen molar-refractivity contribution in [2.45, 2.75) is 0 Å². The van der Waals surface area contributed by atoms with Gasteiger partial charge in [0.05, 0.1) is 38.3 Å². The molecule has 0 atom stereocenters. The molecule has 2 N–H and O–H groups in total. The lowest BCUT2D eigenvalue weighted by Gasteiger charge is -2.33. The van der Waals surface area contributed by atoms with Crippen molar-refractivity contribution in [3.05, 3.63) is 53.3 Å². The summed E-state index contributed by atoms with van der Waals surface area (Å²) in [6.45, 7) is 3.91. The van der Waals surface area contributed by atoms with Gasteiger partial charge in [-0.1, -0.05) is 11.6 Å². The molecular formula is C19H22ClFN3O2+. The molecule has 1 heterocycles. The van der Waals surface area contributed by atoms with E-state index in [-0.39, 0.29) is 10.9 Å². The van der Waals surface area contributed by atoms with Crippen LogP contribution in [0.25, 0.3) is 0 Å². The van der Waals surface area contributed by atoms with E-state index >= 15 is 0 Å². The number of amides is 1. The van der Waals surface area contributed by atoms with Gasteiger partial charge < -0.3 is 19.9 Å². The van der Waals surface area contributed by atoms with Crippen LogP contribution in [0.15, 0.2) is 42.5 Å². The Balaban J connectivity index is 1.48. The topological polar surface area (TPSA) is 46.0 Å². The van der Waals surface area contributed by atoms with Gasteiger partial charge in [0.2, 0.25) is 0 Å². The minimum Gasteiger partial charge on any atom is -0.497 e. The summed E-state index contributed by atoms with van der Waals surface area (Å²) in [6, 6.07) is 12.2. The van der Waals surface area contributed by atoms with Crippen LogP contribution in [0.2, 0.25) is 5.02 Å². The lowest BCUT2D eigenvalue weighted by molar-refractivity contribution is -0.892. The molecule has 0 radical (unpaired) electrons. The molecular weight excluding hydrogens is 357 g/mol. The number of methoxy groups -OCH3 is 1. The third-order valence-corrected chi connectivity index (χ3v) is 4.81. The molecule has 26 heavy (non-hydrogen) atoms. The molecule has 0 unspecified atom stereocenters. The predicted octanol–water partition coefficient (Wildman–Crippen LogP) is 1.83. The monoisotopic (exact) mass is 378 g/mol. The maximum atomic E-state index is 13.2. The van der Waals surface area contributed by atoms with Gasteiger partial charge in [-0.2, -0.15) is 0 Å². The Hall–Kier alpha value is -2.31. The number of ether oxygens (including phenoxy) is 1. The van der Waals surface area contributed by atoms with Crippen LogP contribution in [-0.2, 0) is 4.79 Å². The summed E-state index contributed by atoms with van der Waals surface area (Å²) in [6.07, 6.45) is 0. The Morgan fingerprint density at radius 2 is 1.92 bits per heavy atom. The van der Waals surface area contributed by atoms with Crippen LogP contribution < -0.4 is 19.9 Å². The molecule has 1 aliphatic heterocycles. The number of hydrogen-bond acceptors (Lipinski definition) is 3. The summed E-state index contributed by atoms with van der Waals surface area (Å²) in [7, 11) is 1.65. The zero-order valence-electron chi connectivity index (χ0n) is 14.6. The Bertz CT molecular complexity index is 762. The number of halogens is 2. The van der Waals surface area contributed by atoms with Gasteiger partial charge >= 0.3 is 0 Å². The molecule has 5 nitrogen and oxygen atoms in total. The summed E-state index contributed by atoms with van der Waals surface area (Å²) in [4.78, 5) is 15.7. The highest BCUT2D eigenvalue weighted by Gasteiger charge is 2.22. The van der Waals surface area contributed by atoms with E-state index in [1.807, 2.05) is 12.1 Å². The highest BCUT2D eigenvalue weighted by molar-refractivity contribution is 6.31. The van der Waals surface area contributed by atoms with Crippen LogP contribution in [0.5, 0.6) is 5.75 Å². The summed E-state index contributed by atoms with van der Waals surface area (Å²) < 4.78 is 18.4. The molecule has 7 heteroatoms. The Morgan fingerprint density at radius 1 is 1.23 bits per heavy atom. The Labute approximate surface area is 157 Å². The predicted molar refractivity (Wildman–Crippen MR) is 101 cm³/mol. The van der Waals surface area contributed by atoms with Crippen LogP contribution in [0.4, 0.5) is 15.8 Å². The van der Waals surface area contributed by atoms with Crippen LogP contribution in [0.1, 0.15) is 0 Å². The number of nitrogens with zero attached hydrogens (tertiary/aromatic N) is 1. The van der Waals surface area contributed by atoms with Crippen molar-refractivity contribution in [1.29, 1.82) is 0 Å². The first-order chi connectivity index (χ1) is 12.5. The zero-order chi connectivity index (χ0) is 18.5. The van der Waals surface area contributed by atoms with E-state index in [0.29, 0.717) is 12.2 Å². The third-order valence-electron chi connectivity index (χ3n) is 4.52. The van der Waals surface area contributed by atoms with E-state index in [1.165, 1.54) is 23.1 Å². The second-order valence-electron chi connectivity index (χ2n) is 6.29. The van der Waals surface area contributed by atoms with Crippen LogP contribution in [0, 0.1) is 5.82 Å². The molecule has 1 fully saturated rings. The van der Waals surface area contributed by atoms with E-state index in [2.05, 4.69) is 22.3 Å². The molecule has 2 aromatic rings. The molecule has 0 aromatic heterocycles. The second-order valence-corrected chi connectivity index (χ2v) is 6.70. The number of anilines is 2. The third kappa shape index (κ3) is 4.65. The molecule has 0 saturated carbocycles. The van der Waals surface area contributed by atoms with Gasteiger partial charge in [-0.15, -0.1) is 0 Å². The van der Waals surface area contributed by atoms with E-state index in [1.54, 1.807) is 7.11 Å². The lowest BCUT2D eigenvalue weighted by atomic mass is 10.2. The number of nitrogens with one attached hydrogen (secondary N) is 2. The van der Waals surface area contributed by atoms with E-state index in [0.717, 1.165) is 37.6 Å². The van der Waals surface area contributed by atoms with Crippen molar-refractivity contribution in [1.82, 2.24) is 0 Å². The minimum atomic E-state index is -0.495. The summed E-state index contributed by atoms with van der Waals surface area (Å²) in [5.41, 5.74) is 1.67. The number of quaternary nitrogens is 1. The maximum Gasteiger partial charge on any atom is 0.279 e. The van der Waals surface area contributed by atoms with Gasteiger partial charge in [0.1, 0.15) is 11.6 Å². The maximum absolute atomic E-state index is 13.2. The highest BCUT2D eigenvalue weighted by Crippen LogP contribution is 2.20. The molecule has 2 aromatic carbocycles. The fraction of sp³-hybridized carbons (Fsp3) is 0.316. The van der Waals surface area contributed by atoms with Crippen molar-refractivity contribution in [3.8, 4) is 5.75 Å². The largest absolute Gasteiger partial charge is 0.497 e. The summed E-state index contributed by atoms with van der Waals surface area (Å²) in [5.74, 6) is 0.251. The zero-order valence-corrected chi connectivity index (χ0v) is 15.4. The standard InChI is InChI=1S/C19H21ClFN3O2/c1-26-16-5-3-15(4-6-16)24-10-8-23(9-11-24)13-19(25)22-14-2-7-18(21)17(20)12-14/h2-7,12H,8-11,13H2,1H3,(H,22,25)/p+1. The van der Waals surface area contributed by atoms with Gasteiger partial charge in [0, 0.05) is 11.4 Å². The molecule has 1 saturated heterocycles. The molecule has 3 rings (SSSR count). The van der Waals surface area contributed by atoms with Gasteiger partial charge in [0.25, 0.3) is 5.91 Å². The number of carbonyl (C=O) groups excluding carboxylic acids is 1. The normalized spacial score (nSPS) is 15.0. The van der Waals surface area contributed by atoms with Crippen molar-refractivity contribution < 1.29 is 18.8 Å². The molecule has 1 amide bonds. The average molecular weight is 379 g/mol. The SMILES string of the molecule is COc1ccc(N2CC[NH+](CC(=O)Nc3ccc(F)c(Cl)c3)CC2)cc1. The molecule has 0 aliphatic carbocycles. The number of rotatable bonds is 5. The average Bonchev–Trinajstić information content (AvgIpc) is 2.65. The van der Waals surface area contributed by atoms with Gasteiger partial charge in [0.15, 0.2) is 6.54 Å². The van der Waals surface area contributed by atoms with Crippen molar-refractivity contribution >= 4 is 28.9 Å². The molecule has 138 valence electrons. The fourth-order valence-electron chi connectivity index (χ4n) is 3.06. The molecule has 0 bridgehead atoms. The molecule has 1 aliphatic rings. The van der Waals surface area contributed by atoms with Crippen LogP contribution in [-0.4, -0.2) is 45.7 Å². The van der Waals surface area contributed by atoms with Gasteiger partial charge in [-0.05, 0) is 42.5 Å². The number of piperazine rings is 1. The lowest BCUT2D eigenvalue weighted by Crippen LogP contribution is -3.15. The highest BCUT2D eigenvalue weighted by atomic mass is 35.5. The van der Waals surface area contributed by atoms with Gasteiger partial charge in [-0.3, -0.25) is 4.79 Å². The van der Waals surface area contributed by atoms with Crippen LogP contribution >= 0.6 is 11.6 Å². The van der Waals surface area contributed by atoms with Crippen molar-refractivity contribution in [3.63, 3.8) is 0 Å². The van der Waals surface area contributed by atoms with Crippen molar-refractivity contribution in [2.24, 2.45) is 0 Å². The van der Waals surface area contributed by atoms with Crippen LogP contribution in [0.3, 0.4) is 0 Å². The Morgan fingerprint density at radius 3 is 2.54 bits per heavy atom. The Kier molecular flexibility index (Phi) is 5.96. The second kappa shape index (κ2) is 8.38. The smallest absolute Gasteiger partial charge is 0.279 e. The minimum absolute atomic E-state index is 0.00301. The first kappa shape index (κ1) is 18.5. The molecule has 0 spiro atoms. The van der Waals surface area contributed by atoms with E-state index < -0.39 is 5.82 Å². The first-order valence-corrected chi connectivity index (χ1v) is 8.90. The van der Waals surface area contributed by atoms with Crippen molar-refractivity contribution in [2.75, 3.05) is 50.1 Å². The van der Waals surface area contributed by atoms with E-state index in [4.69, 9.17) is 16.3 Å². The number of hydrogen-bond donors (Lipinski definition) is 2. The van der Waals surface area contributed by atoms with Gasteiger partial charge in [-0.25, -0.2) is 4.39 Å². The fourth-order valence-corrected chi connectivity index (χ4v) is 3.24.